The number of imide groups is 1. The predicted molar refractivity (Wildman–Crippen MR) is 134 cm³/mol. The topological polar surface area (TPSA) is 109 Å². The van der Waals surface area contributed by atoms with Crippen LogP contribution in [0.5, 0.6) is 0 Å². The van der Waals surface area contributed by atoms with Gasteiger partial charge in [-0.1, -0.05) is 25.4 Å². The Morgan fingerprint density at radius 3 is 2.54 bits per heavy atom. The van der Waals surface area contributed by atoms with Gasteiger partial charge in [0.25, 0.3) is 0 Å². The number of likely N-dealkylation sites (tertiary alicyclic amines) is 1. The predicted octanol–water partition coefficient (Wildman–Crippen LogP) is 3.38. The van der Waals surface area contributed by atoms with Gasteiger partial charge in [0.15, 0.2) is 0 Å². The lowest BCUT2D eigenvalue weighted by Gasteiger charge is -2.41. The highest BCUT2D eigenvalue weighted by Gasteiger charge is 2.72. The summed E-state index contributed by atoms with van der Waals surface area (Å²) >= 11 is 7.89. The first-order valence-electron chi connectivity index (χ1n) is 11.5. The Kier molecular flexibility index (Phi) is 4.79. The summed E-state index contributed by atoms with van der Waals surface area (Å²) in [5.41, 5.74) is 9.59. The van der Waals surface area contributed by atoms with Gasteiger partial charge in [0.1, 0.15) is 5.15 Å². The highest BCUT2D eigenvalue weighted by Crippen LogP contribution is 2.63. The molecule has 5 heterocycles. The summed E-state index contributed by atoms with van der Waals surface area (Å²) in [7, 11) is 0. The van der Waals surface area contributed by atoms with Crippen LogP contribution in [0.25, 0.3) is 21.3 Å². The number of primary amides is 1. The normalized spacial score (nSPS) is 23.1. The van der Waals surface area contributed by atoms with E-state index in [1.54, 1.807) is 6.20 Å². The molecule has 180 valence electrons. The third-order valence-corrected chi connectivity index (χ3v) is 9.03. The lowest BCUT2D eigenvalue weighted by molar-refractivity contribution is -0.143. The number of pyridine rings is 2. The summed E-state index contributed by atoms with van der Waals surface area (Å²) in [6.07, 6.45) is 1.74. The maximum Gasteiger partial charge on any atom is 0.234 e. The minimum atomic E-state index is -0.302. The van der Waals surface area contributed by atoms with E-state index >= 15 is 0 Å². The van der Waals surface area contributed by atoms with Crippen molar-refractivity contribution in [2.45, 2.75) is 27.3 Å². The molecule has 1 saturated carbocycles. The molecule has 0 bridgehead atoms. The van der Waals surface area contributed by atoms with E-state index in [9.17, 15) is 14.4 Å². The smallest absolute Gasteiger partial charge is 0.234 e. The Morgan fingerprint density at radius 1 is 1.20 bits per heavy atom. The van der Waals surface area contributed by atoms with Gasteiger partial charge in [-0.15, -0.1) is 11.3 Å². The third kappa shape index (κ3) is 3.28. The molecule has 1 aliphatic carbocycles. The second kappa shape index (κ2) is 7.48. The van der Waals surface area contributed by atoms with Gasteiger partial charge < -0.3 is 10.6 Å². The molecular formula is C25H24ClN5O3S. The summed E-state index contributed by atoms with van der Waals surface area (Å²) in [6.45, 7) is 7.19. The van der Waals surface area contributed by atoms with Crippen LogP contribution in [-0.4, -0.2) is 45.7 Å². The lowest BCUT2D eigenvalue weighted by atomic mass is 9.95. The minimum Gasteiger partial charge on any atom is -0.369 e. The Labute approximate surface area is 211 Å². The summed E-state index contributed by atoms with van der Waals surface area (Å²) in [4.78, 5) is 50.6. The fourth-order valence-electron chi connectivity index (χ4n) is 5.67. The molecule has 3 amide bonds. The van der Waals surface area contributed by atoms with Crippen molar-refractivity contribution < 1.29 is 14.4 Å². The van der Waals surface area contributed by atoms with Gasteiger partial charge in [0.05, 0.1) is 45.9 Å². The maximum absolute atomic E-state index is 12.8. The second-order valence-electron chi connectivity index (χ2n) is 10.3. The van der Waals surface area contributed by atoms with Crippen LogP contribution in [0.1, 0.15) is 24.4 Å². The van der Waals surface area contributed by atoms with Crippen molar-refractivity contribution in [3.8, 4) is 11.1 Å². The van der Waals surface area contributed by atoms with Gasteiger partial charge in [0.2, 0.25) is 17.7 Å². The summed E-state index contributed by atoms with van der Waals surface area (Å²) < 4.78 is 0.946. The fourth-order valence-corrected chi connectivity index (χ4v) is 7.03. The van der Waals surface area contributed by atoms with Crippen LogP contribution in [0.15, 0.2) is 24.4 Å². The molecular weight excluding hydrogens is 486 g/mol. The van der Waals surface area contributed by atoms with E-state index in [0.29, 0.717) is 18.2 Å². The van der Waals surface area contributed by atoms with Crippen LogP contribution in [0.4, 0.5) is 5.69 Å². The number of carbonyl (C=O) groups is 3. The molecule has 2 aliphatic heterocycles. The van der Waals surface area contributed by atoms with Crippen molar-refractivity contribution in [2.24, 2.45) is 28.9 Å². The zero-order chi connectivity index (χ0) is 24.8. The highest BCUT2D eigenvalue weighted by atomic mass is 35.5. The number of hydrogen-bond acceptors (Lipinski definition) is 7. The molecule has 3 aromatic heterocycles. The quantitative estimate of drug-likeness (QED) is 0.417. The molecule has 0 spiro atoms. The number of anilines is 1. The molecule has 6 rings (SSSR count). The van der Waals surface area contributed by atoms with Gasteiger partial charge in [-0.05, 0) is 30.5 Å². The van der Waals surface area contributed by atoms with Crippen molar-refractivity contribution >= 4 is 56.6 Å². The second-order valence-corrected chi connectivity index (χ2v) is 11.8. The van der Waals surface area contributed by atoms with E-state index in [4.69, 9.17) is 17.3 Å². The fraction of sp³-hybridized carbons (Fsp3) is 0.400. The maximum atomic E-state index is 12.8. The van der Waals surface area contributed by atoms with Crippen molar-refractivity contribution in [3.05, 3.63) is 40.1 Å². The summed E-state index contributed by atoms with van der Waals surface area (Å²) in [5.74, 6) is -1.02. The van der Waals surface area contributed by atoms with E-state index in [0.717, 1.165) is 37.6 Å². The minimum absolute atomic E-state index is 0.0729. The summed E-state index contributed by atoms with van der Waals surface area (Å²) in [5, 5.41) is 0.380. The van der Waals surface area contributed by atoms with E-state index in [1.165, 1.54) is 16.2 Å². The lowest BCUT2D eigenvalue weighted by Crippen LogP contribution is -2.53. The summed E-state index contributed by atoms with van der Waals surface area (Å²) in [6, 6.07) is 5.71. The number of halogens is 1. The average Bonchev–Trinajstić information content (AvgIpc) is 3.01. The van der Waals surface area contributed by atoms with E-state index < -0.39 is 0 Å². The monoisotopic (exact) mass is 509 g/mol. The molecule has 8 nitrogen and oxygen atoms in total. The molecule has 3 aliphatic rings. The van der Waals surface area contributed by atoms with Crippen LogP contribution >= 0.6 is 22.9 Å². The molecule has 10 heteroatoms. The zero-order valence-electron chi connectivity index (χ0n) is 19.5. The average molecular weight is 510 g/mol. The van der Waals surface area contributed by atoms with Crippen LogP contribution in [-0.2, 0) is 20.9 Å². The molecule has 0 aromatic carbocycles. The van der Waals surface area contributed by atoms with Crippen molar-refractivity contribution in [1.82, 2.24) is 14.9 Å². The number of thiophene rings is 1. The Balaban J connectivity index is 1.36. The first-order chi connectivity index (χ1) is 16.6. The van der Waals surface area contributed by atoms with Crippen LogP contribution < -0.4 is 10.6 Å². The van der Waals surface area contributed by atoms with Crippen molar-refractivity contribution in [2.75, 3.05) is 18.0 Å². The molecule has 2 unspecified atom stereocenters. The third-order valence-electron chi connectivity index (χ3n) is 7.69. The molecule has 2 N–H and O–H groups in total. The number of nitrogens with two attached hydrogens (primary N) is 1. The number of hydrogen-bond donors (Lipinski definition) is 1. The van der Waals surface area contributed by atoms with Crippen LogP contribution in [0.3, 0.4) is 0 Å². The van der Waals surface area contributed by atoms with Crippen LogP contribution in [0.2, 0.25) is 5.15 Å². The Morgan fingerprint density at radius 2 is 1.89 bits per heavy atom. The molecule has 0 radical (unpaired) electrons. The van der Waals surface area contributed by atoms with Gasteiger partial charge in [-0.25, -0.2) is 4.98 Å². The number of piperidine rings is 1. The van der Waals surface area contributed by atoms with Gasteiger partial charge in [-0.3, -0.25) is 24.3 Å². The van der Waals surface area contributed by atoms with E-state index in [2.05, 4.69) is 14.9 Å². The van der Waals surface area contributed by atoms with E-state index in [1.807, 2.05) is 39.0 Å². The molecule has 35 heavy (non-hydrogen) atoms. The Hall–Kier alpha value is -3.04. The van der Waals surface area contributed by atoms with Crippen LogP contribution in [0, 0.1) is 30.1 Å². The van der Waals surface area contributed by atoms with E-state index in [-0.39, 0.29) is 47.4 Å². The number of aryl methyl sites for hydroxylation is 1. The number of rotatable bonds is 5. The first-order valence-corrected chi connectivity index (χ1v) is 12.7. The number of amides is 3. The largest absolute Gasteiger partial charge is 0.369 e. The number of aromatic nitrogens is 2. The van der Waals surface area contributed by atoms with Crippen molar-refractivity contribution in [3.63, 3.8) is 0 Å². The standard InChI is InChI=1S/C25H24ClN5O3S/c1-11-20(30-8-12(9-30)22(27)32)15(7-17(26)29-11)14-4-5-28-16-6-13(35-21(14)16)10-31-23(33)18-19(24(31)34)25(18,2)3/h4-7,12,18-19H,8-10H2,1-3H3,(H2,27,32). The van der Waals surface area contributed by atoms with Gasteiger partial charge in [0, 0.05) is 35.3 Å². The Bertz CT molecular complexity index is 1420. The number of nitrogens with zero attached hydrogens (tertiary/aromatic N) is 4. The SMILES string of the molecule is Cc1nc(Cl)cc(-c2ccnc3cc(CN4C(=O)C5C(C4=O)C5(C)C)sc23)c1N1CC(C(N)=O)C1. The first kappa shape index (κ1) is 22.4. The molecule has 2 saturated heterocycles. The molecule has 2 atom stereocenters. The number of fused-ring (bicyclic) bond motifs is 2. The molecule has 3 aromatic rings. The van der Waals surface area contributed by atoms with Gasteiger partial charge in [-0.2, -0.15) is 0 Å². The number of carbonyl (C=O) groups excluding carboxylic acids is 3. The van der Waals surface area contributed by atoms with Crippen molar-refractivity contribution in [1.29, 1.82) is 0 Å². The molecule has 3 fully saturated rings. The highest BCUT2D eigenvalue weighted by molar-refractivity contribution is 7.19. The zero-order valence-corrected chi connectivity index (χ0v) is 21.1. The van der Waals surface area contributed by atoms with Gasteiger partial charge >= 0.3 is 0 Å².